The molecule has 1 amide bonds. The van der Waals surface area contributed by atoms with Gasteiger partial charge in [-0.1, -0.05) is 37.3 Å². The molecule has 2 atom stereocenters. The Morgan fingerprint density at radius 1 is 1.12 bits per heavy atom. The standard InChI is InChI=1S/C28H39NO4/c1-6-27(30)29(20-21-11-13-23(31-4)14-12-21)17-15-24(22-16-18-33-28(2,3)19-22)25-9-7-8-10-26(25)32-5/h7-14,22,24H,6,15-20H2,1-5H3/t22-,24-/m1/s1. The second-order valence-electron chi connectivity index (χ2n) is 9.52. The topological polar surface area (TPSA) is 48.0 Å². The Bertz CT molecular complexity index is 893. The fraction of sp³-hybridized carbons (Fsp3) is 0.536. The highest BCUT2D eigenvalue weighted by Gasteiger charge is 2.35. The van der Waals surface area contributed by atoms with Gasteiger partial charge in [-0.25, -0.2) is 0 Å². The smallest absolute Gasteiger partial charge is 0.222 e. The van der Waals surface area contributed by atoms with Crippen molar-refractivity contribution in [2.75, 3.05) is 27.4 Å². The maximum Gasteiger partial charge on any atom is 0.222 e. The lowest BCUT2D eigenvalue weighted by molar-refractivity contribution is -0.131. The molecule has 0 aliphatic carbocycles. The molecule has 5 heteroatoms. The van der Waals surface area contributed by atoms with Crippen LogP contribution in [0.4, 0.5) is 0 Å². The number of para-hydroxylation sites is 1. The van der Waals surface area contributed by atoms with Crippen molar-refractivity contribution in [1.29, 1.82) is 0 Å². The predicted molar refractivity (Wildman–Crippen MR) is 132 cm³/mol. The molecule has 0 bridgehead atoms. The third kappa shape index (κ3) is 6.73. The maximum absolute atomic E-state index is 12.8. The third-order valence-corrected chi connectivity index (χ3v) is 6.74. The van der Waals surface area contributed by atoms with Gasteiger partial charge in [-0.3, -0.25) is 4.79 Å². The molecular weight excluding hydrogens is 414 g/mol. The van der Waals surface area contributed by atoms with Gasteiger partial charge in [-0.15, -0.1) is 0 Å². The molecule has 0 unspecified atom stereocenters. The summed E-state index contributed by atoms with van der Waals surface area (Å²) in [5.74, 6) is 2.70. The van der Waals surface area contributed by atoms with Crippen LogP contribution in [0.2, 0.25) is 0 Å². The number of carbonyl (C=O) groups excluding carboxylic acids is 1. The number of hydrogen-bond donors (Lipinski definition) is 0. The van der Waals surface area contributed by atoms with E-state index in [1.807, 2.05) is 48.2 Å². The lowest BCUT2D eigenvalue weighted by atomic mass is 9.75. The van der Waals surface area contributed by atoms with E-state index in [4.69, 9.17) is 14.2 Å². The van der Waals surface area contributed by atoms with Crippen LogP contribution < -0.4 is 9.47 Å². The molecule has 0 aromatic heterocycles. The first-order valence-electron chi connectivity index (χ1n) is 12.0. The minimum atomic E-state index is -0.134. The van der Waals surface area contributed by atoms with Crippen molar-refractivity contribution < 1.29 is 19.0 Å². The van der Waals surface area contributed by atoms with Crippen LogP contribution in [0.3, 0.4) is 0 Å². The van der Waals surface area contributed by atoms with E-state index in [9.17, 15) is 4.79 Å². The van der Waals surface area contributed by atoms with E-state index >= 15 is 0 Å². The molecule has 0 spiro atoms. The molecule has 1 saturated heterocycles. The van der Waals surface area contributed by atoms with E-state index in [0.717, 1.165) is 42.9 Å². The van der Waals surface area contributed by atoms with Crippen LogP contribution in [0.5, 0.6) is 11.5 Å². The van der Waals surface area contributed by atoms with Crippen molar-refractivity contribution in [3.05, 3.63) is 59.7 Å². The number of rotatable bonds is 10. The van der Waals surface area contributed by atoms with Gasteiger partial charge in [0.1, 0.15) is 11.5 Å². The first kappa shape index (κ1) is 25.1. The Balaban J connectivity index is 1.82. The van der Waals surface area contributed by atoms with Crippen LogP contribution in [0.1, 0.15) is 63.5 Å². The summed E-state index contributed by atoms with van der Waals surface area (Å²) in [4.78, 5) is 14.8. The van der Waals surface area contributed by atoms with Gasteiger partial charge >= 0.3 is 0 Å². The van der Waals surface area contributed by atoms with Crippen LogP contribution in [0.25, 0.3) is 0 Å². The molecule has 2 aromatic carbocycles. The summed E-state index contributed by atoms with van der Waals surface area (Å²) in [6.07, 6.45) is 3.41. The summed E-state index contributed by atoms with van der Waals surface area (Å²) >= 11 is 0. The minimum absolute atomic E-state index is 0.134. The Labute approximate surface area is 199 Å². The van der Waals surface area contributed by atoms with Crippen molar-refractivity contribution in [2.45, 2.75) is 64.5 Å². The van der Waals surface area contributed by atoms with Gasteiger partial charge in [0, 0.05) is 26.1 Å². The first-order chi connectivity index (χ1) is 15.9. The highest BCUT2D eigenvalue weighted by Crippen LogP contribution is 2.42. The minimum Gasteiger partial charge on any atom is -0.497 e. The van der Waals surface area contributed by atoms with Gasteiger partial charge < -0.3 is 19.1 Å². The molecule has 33 heavy (non-hydrogen) atoms. The Morgan fingerprint density at radius 3 is 2.48 bits per heavy atom. The summed E-state index contributed by atoms with van der Waals surface area (Å²) in [6.45, 7) is 8.37. The number of carbonyl (C=O) groups is 1. The van der Waals surface area contributed by atoms with Crippen molar-refractivity contribution in [3.8, 4) is 11.5 Å². The second-order valence-corrected chi connectivity index (χ2v) is 9.52. The maximum atomic E-state index is 12.8. The average Bonchev–Trinajstić information content (AvgIpc) is 2.83. The molecule has 2 aromatic rings. The third-order valence-electron chi connectivity index (χ3n) is 6.74. The Kier molecular flexibility index (Phi) is 8.79. The van der Waals surface area contributed by atoms with Gasteiger partial charge in [0.05, 0.1) is 19.8 Å². The molecule has 0 saturated carbocycles. The molecule has 5 nitrogen and oxygen atoms in total. The Morgan fingerprint density at radius 2 is 1.85 bits per heavy atom. The number of methoxy groups -OCH3 is 2. The van der Waals surface area contributed by atoms with Crippen LogP contribution in [0, 0.1) is 5.92 Å². The number of nitrogens with zero attached hydrogens (tertiary/aromatic N) is 1. The van der Waals surface area contributed by atoms with Gasteiger partial charge in [-0.05, 0) is 74.3 Å². The normalized spacial score (nSPS) is 18.4. The highest BCUT2D eigenvalue weighted by molar-refractivity contribution is 5.75. The van der Waals surface area contributed by atoms with Gasteiger partial charge in [0.2, 0.25) is 5.91 Å². The summed E-state index contributed by atoms with van der Waals surface area (Å²) in [7, 11) is 3.40. The van der Waals surface area contributed by atoms with Crippen molar-refractivity contribution in [1.82, 2.24) is 4.90 Å². The molecule has 0 N–H and O–H groups in total. The molecular formula is C28H39NO4. The molecule has 3 rings (SSSR count). The predicted octanol–water partition coefficient (Wildman–Crippen LogP) is 5.82. The van der Waals surface area contributed by atoms with E-state index in [0.29, 0.717) is 31.3 Å². The molecule has 0 radical (unpaired) electrons. The fourth-order valence-electron chi connectivity index (χ4n) is 5.00. The van der Waals surface area contributed by atoms with Crippen molar-refractivity contribution in [2.24, 2.45) is 5.92 Å². The molecule has 1 aliphatic rings. The number of hydrogen-bond acceptors (Lipinski definition) is 4. The second kappa shape index (κ2) is 11.6. The summed E-state index contributed by atoms with van der Waals surface area (Å²) in [6, 6.07) is 16.3. The van der Waals surface area contributed by atoms with E-state index in [1.54, 1.807) is 14.2 Å². The SMILES string of the molecule is CCC(=O)N(CC[C@@H](c1ccccc1OC)[C@@H]1CCOC(C)(C)C1)Cc1ccc(OC)cc1. The van der Waals surface area contributed by atoms with Gasteiger partial charge in [0.25, 0.3) is 0 Å². The highest BCUT2D eigenvalue weighted by atomic mass is 16.5. The van der Waals surface area contributed by atoms with Crippen LogP contribution in [-0.4, -0.2) is 43.8 Å². The molecule has 1 heterocycles. The Hall–Kier alpha value is -2.53. The largest absolute Gasteiger partial charge is 0.497 e. The lowest BCUT2D eigenvalue weighted by Gasteiger charge is -2.40. The van der Waals surface area contributed by atoms with Gasteiger partial charge in [-0.2, -0.15) is 0 Å². The molecule has 180 valence electrons. The van der Waals surface area contributed by atoms with Crippen LogP contribution >= 0.6 is 0 Å². The van der Waals surface area contributed by atoms with Crippen molar-refractivity contribution in [3.63, 3.8) is 0 Å². The number of ether oxygens (including phenoxy) is 3. The lowest BCUT2D eigenvalue weighted by Crippen LogP contribution is -2.38. The average molecular weight is 454 g/mol. The van der Waals surface area contributed by atoms with E-state index in [2.05, 4.69) is 26.0 Å². The molecule has 1 fully saturated rings. The zero-order valence-electron chi connectivity index (χ0n) is 20.8. The molecule has 1 aliphatic heterocycles. The summed E-state index contributed by atoms with van der Waals surface area (Å²) in [5, 5.41) is 0. The summed E-state index contributed by atoms with van der Waals surface area (Å²) in [5.41, 5.74) is 2.21. The zero-order chi connectivity index (χ0) is 23.8. The van der Waals surface area contributed by atoms with E-state index in [-0.39, 0.29) is 11.5 Å². The van der Waals surface area contributed by atoms with Crippen molar-refractivity contribution >= 4 is 5.91 Å². The quantitative estimate of drug-likeness (QED) is 0.455. The van der Waals surface area contributed by atoms with Crippen LogP contribution in [-0.2, 0) is 16.1 Å². The number of benzene rings is 2. The summed E-state index contributed by atoms with van der Waals surface area (Å²) < 4.78 is 17.0. The van der Waals surface area contributed by atoms with E-state index in [1.165, 1.54) is 5.56 Å². The van der Waals surface area contributed by atoms with E-state index < -0.39 is 0 Å². The van der Waals surface area contributed by atoms with Gasteiger partial charge in [0.15, 0.2) is 0 Å². The fourth-order valence-corrected chi connectivity index (χ4v) is 5.00. The number of amides is 1. The monoisotopic (exact) mass is 453 g/mol. The van der Waals surface area contributed by atoms with Crippen LogP contribution in [0.15, 0.2) is 48.5 Å². The first-order valence-corrected chi connectivity index (χ1v) is 12.0. The zero-order valence-corrected chi connectivity index (χ0v) is 20.8.